The van der Waals surface area contributed by atoms with Crippen molar-refractivity contribution in [1.29, 1.82) is 0 Å². The van der Waals surface area contributed by atoms with Crippen LogP contribution in [0.15, 0.2) is 24.3 Å². The Bertz CT molecular complexity index is 1050. The zero-order chi connectivity index (χ0) is 23.8. The molecule has 1 aromatic heterocycles. The largest absolute Gasteiger partial charge is 0.372 e. The van der Waals surface area contributed by atoms with Crippen molar-refractivity contribution in [2.45, 2.75) is 70.6 Å². The second-order valence-electron chi connectivity index (χ2n) is 9.96. The fourth-order valence-corrected chi connectivity index (χ4v) is 5.73. The molecule has 0 radical (unpaired) electrons. The van der Waals surface area contributed by atoms with Crippen LogP contribution in [-0.4, -0.2) is 69.8 Å². The first-order valence-electron chi connectivity index (χ1n) is 12.5. The summed E-state index contributed by atoms with van der Waals surface area (Å²) in [7, 11) is 0. The number of ether oxygens (including phenoxy) is 1. The van der Waals surface area contributed by atoms with Crippen LogP contribution in [-0.2, 0) is 28.9 Å². The number of morpholine rings is 1. The van der Waals surface area contributed by atoms with E-state index in [4.69, 9.17) is 4.74 Å². The van der Waals surface area contributed by atoms with Crippen LogP contribution in [0.3, 0.4) is 0 Å². The van der Waals surface area contributed by atoms with Crippen molar-refractivity contribution in [3.63, 3.8) is 0 Å². The lowest BCUT2D eigenvalue weighted by Gasteiger charge is -2.35. The highest BCUT2D eigenvalue weighted by Crippen LogP contribution is 2.30. The van der Waals surface area contributed by atoms with Gasteiger partial charge in [0.25, 0.3) is 5.91 Å². The first-order valence-corrected chi connectivity index (χ1v) is 12.5. The highest BCUT2D eigenvalue weighted by Gasteiger charge is 2.33. The molecule has 0 unspecified atom stereocenters. The first kappa shape index (κ1) is 23.0. The highest BCUT2D eigenvalue weighted by molar-refractivity contribution is 5.94. The molecular formula is C26H33FN4O3. The zero-order valence-electron chi connectivity index (χ0n) is 20.0. The molecule has 2 aliphatic heterocycles. The Hall–Kier alpha value is -2.74. The molecule has 0 N–H and O–H groups in total. The van der Waals surface area contributed by atoms with Gasteiger partial charge in [-0.25, -0.2) is 4.39 Å². The summed E-state index contributed by atoms with van der Waals surface area (Å²) in [6.45, 7) is 6.62. The van der Waals surface area contributed by atoms with E-state index in [2.05, 4.69) is 5.10 Å². The first-order chi connectivity index (χ1) is 16.4. The summed E-state index contributed by atoms with van der Waals surface area (Å²) in [6.07, 6.45) is 4.41. The minimum absolute atomic E-state index is 0.00208. The number of halogens is 1. The topological polar surface area (TPSA) is 67.7 Å². The molecule has 2 atom stereocenters. The van der Waals surface area contributed by atoms with Gasteiger partial charge in [-0.2, -0.15) is 5.10 Å². The average molecular weight is 469 g/mol. The van der Waals surface area contributed by atoms with Gasteiger partial charge in [0, 0.05) is 37.4 Å². The third kappa shape index (κ3) is 4.60. The Morgan fingerprint density at radius 2 is 1.71 bits per heavy atom. The lowest BCUT2D eigenvalue weighted by atomic mass is 9.89. The lowest BCUT2D eigenvalue weighted by Crippen LogP contribution is -2.48. The predicted molar refractivity (Wildman–Crippen MR) is 125 cm³/mol. The monoisotopic (exact) mass is 468 g/mol. The summed E-state index contributed by atoms with van der Waals surface area (Å²) in [6, 6.07) is 6.70. The fraction of sp³-hybridized carbons (Fsp3) is 0.577. The molecule has 3 aliphatic rings. The number of piperidine rings is 1. The number of benzene rings is 1. The number of carbonyl (C=O) groups excluding carboxylic acids is 2. The molecule has 182 valence electrons. The second kappa shape index (κ2) is 9.49. The van der Waals surface area contributed by atoms with Crippen LogP contribution in [0.1, 0.15) is 66.3 Å². The van der Waals surface area contributed by atoms with E-state index in [1.165, 1.54) is 12.1 Å². The van der Waals surface area contributed by atoms with Crippen molar-refractivity contribution >= 4 is 11.8 Å². The van der Waals surface area contributed by atoms with Gasteiger partial charge in [-0.1, -0.05) is 12.1 Å². The van der Waals surface area contributed by atoms with Crippen molar-refractivity contribution in [3.05, 3.63) is 52.6 Å². The molecule has 3 heterocycles. The Balaban J connectivity index is 1.25. The number of hydrogen-bond donors (Lipinski definition) is 0. The van der Waals surface area contributed by atoms with Gasteiger partial charge in [0.1, 0.15) is 12.4 Å². The van der Waals surface area contributed by atoms with Crippen LogP contribution in [0.5, 0.6) is 0 Å². The predicted octanol–water partition coefficient (Wildman–Crippen LogP) is 3.17. The van der Waals surface area contributed by atoms with E-state index in [9.17, 15) is 14.0 Å². The number of aromatic nitrogens is 2. The molecule has 0 bridgehead atoms. The normalized spacial score (nSPS) is 23.3. The molecule has 2 saturated heterocycles. The molecule has 1 aliphatic carbocycles. The van der Waals surface area contributed by atoms with E-state index in [1.807, 2.05) is 35.8 Å². The van der Waals surface area contributed by atoms with Crippen molar-refractivity contribution in [2.75, 3.05) is 26.2 Å². The van der Waals surface area contributed by atoms with Crippen molar-refractivity contribution in [1.82, 2.24) is 19.6 Å². The van der Waals surface area contributed by atoms with Gasteiger partial charge in [0.05, 0.1) is 12.2 Å². The van der Waals surface area contributed by atoms with E-state index in [-0.39, 0.29) is 36.4 Å². The van der Waals surface area contributed by atoms with Crippen molar-refractivity contribution < 1.29 is 18.7 Å². The van der Waals surface area contributed by atoms with Gasteiger partial charge < -0.3 is 14.5 Å². The number of rotatable bonds is 4. The molecule has 0 spiro atoms. The van der Waals surface area contributed by atoms with Crippen molar-refractivity contribution in [3.8, 4) is 0 Å². The number of amides is 2. The summed E-state index contributed by atoms with van der Waals surface area (Å²) < 4.78 is 20.8. The van der Waals surface area contributed by atoms with E-state index in [0.717, 1.165) is 48.9 Å². The number of likely N-dealkylation sites (tertiary alicyclic amines) is 1. The van der Waals surface area contributed by atoms with Crippen LogP contribution < -0.4 is 0 Å². The lowest BCUT2D eigenvalue weighted by molar-refractivity contribution is -0.133. The zero-order valence-corrected chi connectivity index (χ0v) is 20.0. The van der Waals surface area contributed by atoms with Gasteiger partial charge in [-0.15, -0.1) is 0 Å². The Labute approximate surface area is 199 Å². The van der Waals surface area contributed by atoms with E-state index < -0.39 is 0 Å². The van der Waals surface area contributed by atoms with Crippen LogP contribution in [0.2, 0.25) is 0 Å². The minimum Gasteiger partial charge on any atom is -0.372 e. The van der Waals surface area contributed by atoms with Crippen LogP contribution in [0.25, 0.3) is 0 Å². The van der Waals surface area contributed by atoms with Gasteiger partial charge in [0.15, 0.2) is 5.69 Å². The number of carbonyl (C=O) groups is 2. The molecule has 7 nitrogen and oxygen atoms in total. The molecule has 34 heavy (non-hydrogen) atoms. The summed E-state index contributed by atoms with van der Waals surface area (Å²) in [5, 5.41) is 4.66. The maximum Gasteiger partial charge on any atom is 0.274 e. The maximum atomic E-state index is 13.3. The molecule has 2 aromatic rings. The fourth-order valence-electron chi connectivity index (χ4n) is 5.73. The standard InChI is InChI=1S/C26H33FN4O3/c1-17-14-30(15-18(2)34-17)26(33)25-22-4-3-5-23(22)31(28-25)16-24(32)29-12-10-20(11-13-29)19-6-8-21(27)9-7-19/h6-9,17-18,20H,3-5,10-16H2,1-2H3/t17-,18+. The number of fused-ring (bicyclic) bond motifs is 1. The number of nitrogens with zero attached hydrogens (tertiary/aromatic N) is 4. The average Bonchev–Trinajstić information content (AvgIpc) is 3.42. The third-order valence-corrected chi connectivity index (χ3v) is 7.39. The highest BCUT2D eigenvalue weighted by atomic mass is 19.1. The van der Waals surface area contributed by atoms with E-state index in [0.29, 0.717) is 37.8 Å². The molecule has 2 amide bonds. The van der Waals surface area contributed by atoms with Crippen LogP contribution in [0.4, 0.5) is 4.39 Å². The molecule has 8 heteroatoms. The smallest absolute Gasteiger partial charge is 0.274 e. The molecule has 0 saturated carbocycles. The van der Waals surface area contributed by atoms with Crippen molar-refractivity contribution in [2.24, 2.45) is 0 Å². The van der Waals surface area contributed by atoms with E-state index >= 15 is 0 Å². The Morgan fingerprint density at radius 3 is 2.38 bits per heavy atom. The molecule has 1 aromatic carbocycles. The summed E-state index contributed by atoms with van der Waals surface area (Å²) in [5.74, 6) is 0.119. The summed E-state index contributed by atoms with van der Waals surface area (Å²) in [5.41, 5.74) is 3.69. The van der Waals surface area contributed by atoms with Crippen LogP contribution in [0, 0.1) is 5.82 Å². The van der Waals surface area contributed by atoms with Gasteiger partial charge in [-0.3, -0.25) is 14.3 Å². The van der Waals surface area contributed by atoms with E-state index in [1.54, 1.807) is 4.68 Å². The summed E-state index contributed by atoms with van der Waals surface area (Å²) in [4.78, 5) is 30.2. The Morgan fingerprint density at radius 1 is 1.03 bits per heavy atom. The van der Waals surface area contributed by atoms with Gasteiger partial charge >= 0.3 is 0 Å². The van der Waals surface area contributed by atoms with Gasteiger partial charge in [0.2, 0.25) is 5.91 Å². The summed E-state index contributed by atoms with van der Waals surface area (Å²) >= 11 is 0. The number of hydrogen-bond acceptors (Lipinski definition) is 4. The minimum atomic E-state index is -0.224. The second-order valence-corrected chi connectivity index (χ2v) is 9.96. The quantitative estimate of drug-likeness (QED) is 0.691. The van der Waals surface area contributed by atoms with Crippen LogP contribution >= 0.6 is 0 Å². The SMILES string of the molecule is C[C@@H]1CN(C(=O)c2nn(CC(=O)N3CCC(c4ccc(F)cc4)CC3)c3c2CCC3)C[C@H](C)O1. The molecule has 2 fully saturated rings. The van der Waals surface area contributed by atoms with Gasteiger partial charge in [-0.05, 0) is 69.6 Å². The third-order valence-electron chi connectivity index (χ3n) is 7.39. The molecular weight excluding hydrogens is 435 g/mol. The Kier molecular flexibility index (Phi) is 6.42. The molecule has 5 rings (SSSR count). The maximum absolute atomic E-state index is 13.3.